The topological polar surface area (TPSA) is 43.4 Å². The molecule has 0 spiro atoms. The maximum absolute atomic E-state index is 12.9. The number of halogens is 1. The fourth-order valence-corrected chi connectivity index (χ4v) is 1.10. The van der Waals surface area contributed by atoms with Gasteiger partial charge in [-0.2, -0.15) is 0 Å². The number of rotatable bonds is 3. The van der Waals surface area contributed by atoms with Crippen molar-refractivity contribution in [2.75, 3.05) is 6.61 Å². The van der Waals surface area contributed by atoms with E-state index >= 15 is 0 Å². The Morgan fingerprint density at radius 1 is 1.40 bits per heavy atom. The summed E-state index contributed by atoms with van der Waals surface area (Å²) in [4.78, 5) is 22.5. The lowest BCUT2D eigenvalue weighted by Gasteiger charge is -2.02. The molecule has 0 amide bonds. The summed E-state index contributed by atoms with van der Waals surface area (Å²) >= 11 is 0. The second kappa shape index (κ2) is 4.68. The number of hydrogen-bond donors (Lipinski definition) is 0. The van der Waals surface area contributed by atoms with Gasteiger partial charge in [-0.1, -0.05) is 0 Å². The van der Waals surface area contributed by atoms with Gasteiger partial charge >= 0.3 is 5.97 Å². The molecule has 15 heavy (non-hydrogen) atoms. The van der Waals surface area contributed by atoms with Gasteiger partial charge in [0.1, 0.15) is 5.82 Å². The minimum atomic E-state index is -0.913. The molecule has 1 aromatic carbocycles. The van der Waals surface area contributed by atoms with Gasteiger partial charge < -0.3 is 4.74 Å². The second-order valence-electron chi connectivity index (χ2n) is 3.01. The Labute approximate surface area is 86.9 Å². The number of aryl methyl sites for hydroxylation is 1. The first kappa shape index (κ1) is 11.4. The van der Waals surface area contributed by atoms with E-state index in [9.17, 15) is 14.0 Å². The molecule has 4 heteroatoms. The molecule has 0 radical (unpaired) electrons. The summed E-state index contributed by atoms with van der Waals surface area (Å²) in [5, 5.41) is 0. The maximum Gasteiger partial charge on any atom is 0.379 e. The first-order chi connectivity index (χ1) is 7.06. The number of benzene rings is 1. The third-order valence-electron chi connectivity index (χ3n) is 1.88. The maximum atomic E-state index is 12.9. The zero-order chi connectivity index (χ0) is 11.4. The third kappa shape index (κ3) is 2.62. The Kier molecular flexibility index (Phi) is 3.55. The monoisotopic (exact) mass is 210 g/mol. The van der Waals surface area contributed by atoms with E-state index in [-0.39, 0.29) is 12.2 Å². The van der Waals surface area contributed by atoms with E-state index in [1.807, 2.05) is 0 Å². The van der Waals surface area contributed by atoms with Gasteiger partial charge in [0.2, 0.25) is 0 Å². The van der Waals surface area contributed by atoms with Crippen LogP contribution in [0.3, 0.4) is 0 Å². The van der Waals surface area contributed by atoms with Crippen LogP contribution < -0.4 is 0 Å². The minimum Gasteiger partial charge on any atom is -0.460 e. The van der Waals surface area contributed by atoms with E-state index in [0.29, 0.717) is 5.56 Å². The van der Waals surface area contributed by atoms with E-state index in [1.165, 1.54) is 19.1 Å². The van der Waals surface area contributed by atoms with Crippen molar-refractivity contribution < 1.29 is 18.7 Å². The van der Waals surface area contributed by atoms with Crippen LogP contribution in [0.1, 0.15) is 22.8 Å². The molecule has 0 unspecified atom stereocenters. The molecule has 0 atom stereocenters. The van der Waals surface area contributed by atoms with E-state index in [0.717, 1.165) is 6.07 Å². The van der Waals surface area contributed by atoms with Gasteiger partial charge in [0, 0.05) is 5.56 Å². The van der Waals surface area contributed by atoms with Gasteiger partial charge in [-0.3, -0.25) is 4.79 Å². The second-order valence-corrected chi connectivity index (χ2v) is 3.01. The van der Waals surface area contributed by atoms with Crippen molar-refractivity contribution in [2.24, 2.45) is 0 Å². The summed E-state index contributed by atoms with van der Waals surface area (Å²) < 4.78 is 17.4. The predicted octanol–water partition coefficient (Wildman–Crippen LogP) is 1.88. The molecule has 0 heterocycles. The lowest BCUT2D eigenvalue weighted by molar-refractivity contribution is -0.137. The largest absolute Gasteiger partial charge is 0.460 e. The molecular weight excluding hydrogens is 199 g/mol. The van der Waals surface area contributed by atoms with Crippen LogP contribution in [0.2, 0.25) is 0 Å². The number of Topliss-reactive ketones (excluding diaryl/α,β-unsaturated/α-hetero) is 1. The lowest BCUT2D eigenvalue weighted by atomic mass is 10.1. The van der Waals surface area contributed by atoms with Crippen LogP contribution in [0.4, 0.5) is 4.39 Å². The molecule has 0 aliphatic carbocycles. The van der Waals surface area contributed by atoms with Crippen molar-refractivity contribution >= 4 is 11.8 Å². The number of hydrogen-bond acceptors (Lipinski definition) is 3. The van der Waals surface area contributed by atoms with Gasteiger partial charge in [-0.05, 0) is 37.6 Å². The Morgan fingerprint density at radius 2 is 2.07 bits per heavy atom. The highest BCUT2D eigenvalue weighted by Crippen LogP contribution is 2.10. The lowest BCUT2D eigenvalue weighted by Crippen LogP contribution is -2.17. The van der Waals surface area contributed by atoms with Gasteiger partial charge in [-0.15, -0.1) is 0 Å². The highest BCUT2D eigenvalue weighted by atomic mass is 19.1. The number of ether oxygens (including phenoxy) is 1. The summed E-state index contributed by atoms with van der Waals surface area (Å²) in [7, 11) is 0. The fraction of sp³-hybridized carbons (Fsp3) is 0.273. The number of carbonyl (C=O) groups excluding carboxylic acids is 2. The molecule has 0 saturated carbocycles. The third-order valence-corrected chi connectivity index (χ3v) is 1.88. The van der Waals surface area contributed by atoms with Gasteiger partial charge in [0.15, 0.2) is 0 Å². The molecule has 0 fully saturated rings. The van der Waals surface area contributed by atoms with Crippen LogP contribution >= 0.6 is 0 Å². The minimum absolute atomic E-state index is 0.144. The Balaban J connectivity index is 2.92. The van der Waals surface area contributed by atoms with Crippen LogP contribution in [-0.2, 0) is 9.53 Å². The van der Waals surface area contributed by atoms with Crippen molar-refractivity contribution in [1.29, 1.82) is 0 Å². The van der Waals surface area contributed by atoms with Crippen LogP contribution in [0.25, 0.3) is 0 Å². The normalized spacial score (nSPS) is 9.80. The molecular formula is C11H11FO3. The fourth-order valence-electron chi connectivity index (χ4n) is 1.10. The average Bonchev–Trinajstić information content (AvgIpc) is 2.21. The Bertz CT molecular complexity index is 399. The summed E-state index contributed by atoms with van der Waals surface area (Å²) in [6.07, 6.45) is 0. The molecule has 0 N–H and O–H groups in total. The Hall–Kier alpha value is -1.71. The summed E-state index contributed by atoms with van der Waals surface area (Å²) in [6.45, 7) is 3.28. The van der Waals surface area contributed by atoms with E-state index in [2.05, 4.69) is 4.74 Å². The number of esters is 1. The van der Waals surface area contributed by atoms with E-state index < -0.39 is 17.6 Å². The van der Waals surface area contributed by atoms with Crippen LogP contribution in [0, 0.1) is 12.7 Å². The molecule has 0 aliphatic rings. The van der Waals surface area contributed by atoms with Crippen molar-refractivity contribution in [3.8, 4) is 0 Å². The summed E-state index contributed by atoms with van der Waals surface area (Å²) in [5.41, 5.74) is 0.470. The van der Waals surface area contributed by atoms with Crippen molar-refractivity contribution in [1.82, 2.24) is 0 Å². The van der Waals surface area contributed by atoms with Crippen LogP contribution in [0.15, 0.2) is 18.2 Å². The zero-order valence-electron chi connectivity index (χ0n) is 8.54. The smallest absolute Gasteiger partial charge is 0.379 e. The highest BCUT2D eigenvalue weighted by molar-refractivity contribution is 6.40. The summed E-state index contributed by atoms with van der Waals surface area (Å²) in [6, 6.07) is 3.75. The van der Waals surface area contributed by atoms with Crippen LogP contribution in [-0.4, -0.2) is 18.4 Å². The Morgan fingerprint density at radius 3 is 2.60 bits per heavy atom. The molecule has 0 bridgehead atoms. The van der Waals surface area contributed by atoms with Crippen molar-refractivity contribution in [2.45, 2.75) is 13.8 Å². The van der Waals surface area contributed by atoms with Crippen LogP contribution in [0.5, 0.6) is 0 Å². The molecule has 0 aromatic heterocycles. The molecule has 1 aromatic rings. The van der Waals surface area contributed by atoms with Crippen molar-refractivity contribution in [3.05, 3.63) is 35.1 Å². The number of carbonyl (C=O) groups is 2. The average molecular weight is 210 g/mol. The molecule has 80 valence electrons. The standard InChI is InChI=1S/C11H11FO3/c1-3-15-11(14)10(13)8-4-5-9(12)7(2)6-8/h4-6H,3H2,1-2H3. The number of ketones is 1. The quantitative estimate of drug-likeness (QED) is 0.434. The SMILES string of the molecule is CCOC(=O)C(=O)c1ccc(F)c(C)c1. The van der Waals surface area contributed by atoms with Gasteiger partial charge in [-0.25, -0.2) is 9.18 Å². The van der Waals surface area contributed by atoms with Gasteiger partial charge in [0.25, 0.3) is 5.78 Å². The molecule has 0 aliphatic heterocycles. The zero-order valence-corrected chi connectivity index (χ0v) is 8.54. The first-order valence-corrected chi connectivity index (χ1v) is 4.54. The molecule has 3 nitrogen and oxygen atoms in total. The first-order valence-electron chi connectivity index (χ1n) is 4.54. The van der Waals surface area contributed by atoms with Gasteiger partial charge in [0.05, 0.1) is 6.61 Å². The molecule has 1 rings (SSSR count). The molecule has 0 saturated heterocycles. The van der Waals surface area contributed by atoms with E-state index in [1.54, 1.807) is 6.92 Å². The highest BCUT2D eigenvalue weighted by Gasteiger charge is 2.17. The van der Waals surface area contributed by atoms with E-state index in [4.69, 9.17) is 0 Å². The van der Waals surface area contributed by atoms with Crippen molar-refractivity contribution in [3.63, 3.8) is 0 Å². The predicted molar refractivity (Wildman–Crippen MR) is 52.1 cm³/mol. The summed E-state index contributed by atoms with van der Waals surface area (Å²) in [5.74, 6) is -2.07.